The van der Waals surface area contributed by atoms with Gasteiger partial charge in [0, 0.05) is 5.56 Å². The third kappa shape index (κ3) is 2.45. The lowest BCUT2D eigenvalue weighted by Crippen LogP contribution is -2.02. The molecule has 0 aromatic heterocycles. The fraction of sp³-hybridized carbons (Fsp3) is 0.300. The third-order valence-electron chi connectivity index (χ3n) is 1.95. The van der Waals surface area contributed by atoms with E-state index in [0.29, 0.717) is 5.56 Å². The van der Waals surface area contributed by atoms with Gasteiger partial charge < -0.3 is 4.74 Å². The molecule has 0 saturated carbocycles. The Hall–Kier alpha value is -0.720. The highest BCUT2D eigenvalue weighted by Gasteiger charge is 2.19. The van der Waals surface area contributed by atoms with E-state index in [0.717, 1.165) is 0 Å². The van der Waals surface area contributed by atoms with Crippen molar-refractivity contribution in [1.82, 2.24) is 0 Å². The molecule has 1 aromatic rings. The molecule has 0 spiro atoms. The van der Waals surface area contributed by atoms with E-state index in [1.54, 1.807) is 22.6 Å². The number of halogens is 3. The van der Waals surface area contributed by atoms with E-state index in [1.807, 2.05) is 0 Å². The molecule has 0 unspecified atom stereocenters. The molecule has 1 aromatic carbocycles. The lowest BCUT2D eigenvalue weighted by Gasteiger charge is -2.11. The molecule has 0 fully saturated rings. The van der Waals surface area contributed by atoms with Crippen molar-refractivity contribution in [2.24, 2.45) is 0 Å². The van der Waals surface area contributed by atoms with Gasteiger partial charge in [0.25, 0.3) is 6.43 Å². The molecule has 0 radical (unpaired) electrons. The van der Waals surface area contributed by atoms with E-state index in [-0.39, 0.29) is 20.7 Å². The van der Waals surface area contributed by atoms with Gasteiger partial charge in [-0.05, 0) is 35.6 Å². The van der Waals surface area contributed by atoms with Crippen LogP contribution in [-0.2, 0) is 0 Å². The molecule has 0 bridgehead atoms. The standard InChI is InChI=1S/C10H9F2IO2/c1-5(14)6-3-4-7(10(11)12)8(13)9(6)15-2/h3-4,10H,1-2H3. The van der Waals surface area contributed by atoms with E-state index in [1.165, 1.54) is 26.2 Å². The zero-order valence-corrected chi connectivity index (χ0v) is 10.3. The van der Waals surface area contributed by atoms with Crippen molar-refractivity contribution in [1.29, 1.82) is 0 Å². The van der Waals surface area contributed by atoms with Crippen LogP contribution in [0.15, 0.2) is 12.1 Å². The summed E-state index contributed by atoms with van der Waals surface area (Å²) < 4.78 is 30.3. The molecule has 0 heterocycles. The predicted octanol–water partition coefficient (Wildman–Crippen LogP) is 3.44. The number of methoxy groups -OCH3 is 1. The normalized spacial score (nSPS) is 10.5. The van der Waals surface area contributed by atoms with Gasteiger partial charge in [0.2, 0.25) is 0 Å². The Kier molecular flexibility index (Phi) is 4.01. The topological polar surface area (TPSA) is 26.3 Å². The van der Waals surface area contributed by atoms with Gasteiger partial charge in [0.05, 0.1) is 16.2 Å². The Morgan fingerprint density at radius 2 is 2.07 bits per heavy atom. The highest BCUT2D eigenvalue weighted by Crippen LogP contribution is 2.34. The van der Waals surface area contributed by atoms with Gasteiger partial charge in [0.15, 0.2) is 5.78 Å². The van der Waals surface area contributed by atoms with Crippen LogP contribution in [0, 0.1) is 3.57 Å². The fourth-order valence-electron chi connectivity index (χ4n) is 1.22. The molecule has 0 amide bonds. The molecule has 15 heavy (non-hydrogen) atoms. The first kappa shape index (κ1) is 12.4. The summed E-state index contributed by atoms with van der Waals surface area (Å²) >= 11 is 1.76. The number of hydrogen-bond acceptors (Lipinski definition) is 2. The minimum absolute atomic E-state index is 0.113. The zero-order valence-electron chi connectivity index (χ0n) is 8.18. The van der Waals surface area contributed by atoms with Gasteiger partial charge in [-0.25, -0.2) is 8.78 Å². The van der Waals surface area contributed by atoms with E-state index in [9.17, 15) is 13.6 Å². The van der Waals surface area contributed by atoms with Crippen molar-refractivity contribution < 1.29 is 18.3 Å². The van der Waals surface area contributed by atoms with E-state index in [4.69, 9.17) is 4.74 Å². The van der Waals surface area contributed by atoms with Gasteiger partial charge in [0.1, 0.15) is 5.75 Å². The summed E-state index contributed by atoms with van der Waals surface area (Å²) in [5, 5.41) is 0. The predicted molar refractivity (Wildman–Crippen MR) is 60.7 cm³/mol. The number of Topliss-reactive ketones (excluding diaryl/α,β-unsaturated/α-hetero) is 1. The van der Waals surface area contributed by atoms with Crippen LogP contribution in [0.5, 0.6) is 5.75 Å². The zero-order chi connectivity index (χ0) is 11.6. The number of carbonyl (C=O) groups excluding carboxylic acids is 1. The second kappa shape index (κ2) is 4.87. The minimum atomic E-state index is -2.56. The first-order valence-corrected chi connectivity index (χ1v) is 5.22. The second-order valence-corrected chi connectivity index (χ2v) is 3.99. The molecule has 0 saturated heterocycles. The molecule has 0 aliphatic rings. The number of carbonyl (C=O) groups is 1. The van der Waals surface area contributed by atoms with Gasteiger partial charge in [-0.15, -0.1) is 0 Å². The molecule has 0 atom stereocenters. The fourth-order valence-corrected chi connectivity index (χ4v) is 2.14. The quantitative estimate of drug-likeness (QED) is 0.628. The number of ether oxygens (including phenoxy) is 1. The molecule has 0 N–H and O–H groups in total. The summed E-state index contributed by atoms with van der Waals surface area (Å²) in [4.78, 5) is 11.2. The van der Waals surface area contributed by atoms with E-state index >= 15 is 0 Å². The summed E-state index contributed by atoms with van der Waals surface area (Å²) in [6.45, 7) is 1.37. The van der Waals surface area contributed by atoms with Crippen LogP contribution in [0.3, 0.4) is 0 Å². The Morgan fingerprint density at radius 3 is 2.47 bits per heavy atom. The minimum Gasteiger partial charge on any atom is -0.495 e. The molecule has 0 aliphatic carbocycles. The molecular weight excluding hydrogens is 317 g/mol. The monoisotopic (exact) mass is 326 g/mol. The molecule has 5 heteroatoms. The van der Waals surface area contributed by atoms with Crippen LogP contribution in [0.1, 0.15) is 29.3 Å². The van der Waals surface area contributed by atoms with Crippen molar-refractivity contribution in [3.05, 3.63) is 26.8 Å². The number of benzene rings is 1. The lowest BCUT2D eigenvalue weighted by atomic mass is 10.1. The second-order valence-electron chi connectivity index (χ2n) is 2.91. The highest BCUT2D eigenvalue weighted by atomic mass is 127. The Morgan fingerprint density at radius 1 is 1.47 bits per heavy atom. The van der Waals surface area contributed by atoms with Gasteiger partial charge >= 0.3 is 0 Å². The maximum atomic E-state index is 12.5. The van der Waals surface area contributed by atoms with Crippen LogP contribution in [0.25, 0.3) is 0 Å². The molecule has 82 valence electrons. The highest BCUT2D eigenvalue weighted by molar-refractivity contribution is 14.1. The largest absolute Gasteiger partial charge is 0.495 e. The molecule has 0 aliphatic heterocycles. The SMILES string of the molecule is COc1c(C(C)=O)ccc(C(F)F)c1I. The maximum absolute atomic E-state index is 12.5. The number of hydrogen-bond donors (Lipinski definition) is 0. The molecular formula is C10H9F2IO2. The number of ketones is 1. The van der Waals surface area contributed by atoms with Gasteiger partial charge in [-0.1, -0.05) is 6.07 Å². The van der Waals surface area contributed by atoms with Crippen LogP contribution in [0.4, 0.5) is 8.78 Å². The molecule has 2 nitrogen and oxygen atoms in total. The average molecular weight is 326 g/mol. The Bertz CT molecular complexity index is 391. The first-order valence-electron chi connectivity index (χ1n) is 4.14. The van der Waals surface area contributed by atoms with E-state index in [2.05, 4.69) is 0 Å². The van der Waals surface area contributed by atoms with Crippen LogP contribution < -0.4 is 4.74 Å². The average Bonchev–Trinajstić information content (AvgIpc) is 2.16. The Labute approximate surface area is 99.8 Å². The van der Waals surface area contributed by atoms with Gasteiger partial charge in [-0.3, -0.25) is 4.79 Å². The van der Waals surface area contributed by atoms with Crippen molar-refractivity contribution in [2.75, 3.05) is 7.11 Å². The molecule has 1 rings (SSSR count). The summed E-state index contributed by atoms with van der Waals surface area (Å²) in [5.74, 6) is 0.0199. The maximum Gasteiger partial charge on any atom is 0.265 e. The number of alkyl halides is 2. The van der Waals surface area contributed by atoms with Gasteiger partial charge in [-0.2, -0.15) is 0 Å². The van der Waals surface area contributed by atoms with Crippen molar-refractivity contribution in [3.63, 3.8) is 0 Å². The van der Waals surface area contributed by atoms with Crippen LogP contribution in [-0.4, -0.2) is 12.9 Å². The van der Waals surface area contributed by atoms with Crippen molar-refractivity contribution >= 4 is 28.4 Å². The van der Waals surface area contributed by atoms with E-state index < -0.39 is 6.43 Å². The third-order valence-corrected chi connectivity index (χ3v) is 3.06. The first-order chi connectivity index (χ1) is 6.99. The summed E-state index contributed by atoms with van der Waals surface area (Å²) in [5.41, 5.74) is 0.212. The summed E-state index contributed by atoms with van der Waals surface area (Å²) in [6.07, 6.45) is -2.56. The summed E-state index contributed by atoms with van der Waals surface area (Å²) in [6, 6.07) is 2.62. The smallest absolute Gasteiger partial charge is 0.265 e. The van der Waals surface area contributed by atoms with Crippen molar-refractivity contribution in [3.8, 4) is 5.75 Å². The van der Waals surface area contributed by atoms with Crippen molar-refractivity contribution in [2.45, 2.75) is 13.3 Å². The lowest BCUT2D eigenvalue weighted by molar-refractivity contribution is 0.101. The summed E-state index contributed by atoms with van der Waals surface area (Å²) in [7, 11) is 1.36. The number of rotatable bonds is 3. The van der Waals surface area contributed by atoms with Crippen LogP contribution in [0.2, 0.25) is 0 Å². The Balaban J connectivity index is 3.39. The van der Waals surface area contributed by atoms with Crippen LogP contribution >= 0.6 is 22.6 Å².